The normalized spacial score (nSPS) is 11.6. The van der Waals surface area contributed by atoms with E-state index >= 15 is 0 Å². The third-order valence-corrected chi connectivity index (χ3v) is 5.19. The molecule has 1 rings (SSSR count). The Balaban J connectivity index is 2.70. The van der Waals surface area contributed by atoms with E-state index in [1.165, 1.54) is 28.6 Å². The molecule has 1 aromatic rings. The molecule has 0 fully saturated rings. The first-order valence-corrected chi connectivity index (χ1v) is 9.11. The van der Waals surface area contributed by atoms with Crippen LogP contribution in [0, 0.1) is 0 Å². The Morgan fingerprint density at radius 2 is 1.95 bits per heavy atom. The summed E-state index contributed by atoms with van der Waals surface area (Å²) in [5.74, 6) is 0.234. The van der Waals surface area contributed by atoms with Gasteiger partial charge in [0.15, 0.2) is 0 Å². The first kappa shape index (κ1) is 17.8. The lowest BCUT2D eigenvalue weighted by Crippen LogP contribution is -2.29. The molecule has 0 amide bonds. The van der Waals surface area contributed by atoms with Gasteiger partial charge >= 0.3 is 5.97 Å². The first-order valence-electron chi connectivity index (χ1n) is 6.28. The van der Waals surface area contributed by atoms with Crippen molar-refractivity contribution in [2.24, 2.45) is 0 Å². The summed E-state index contributed by atoms with van der Waals surface area (Å²) in [4.78, 5) is 10.6. The molecule has 0 aromatic heterocycles. The molecule has 0 atom stereocenters. The van der Waals surface area contributed by atoms with Gasteiger partial charge in [0.2, 0.25) is 10.0 Å². The average Bonchev–Trinajstić information content (AvgIpc) is 2.44. The Labute approximate surface area is 129 Å². The van der Waals surface area contributed by atoms with Crippen LogP contribution in [0.2, 0.25) is 0 Å². The third kappa shape index (κ3) is 5.56. The van der Waals surface area contributed by atoms with Crippen molar-refractivity contribution in [3.8, 4) is 5.75 Å². The molecule has 0 radical (unpaired) electrons. The van der Waals surface area contributed by atoms with Gasteiger partial charge in [-0.3, -0.25) is 4.79 Å². The standard InChI is InChI=1S/C13H19NO5S2/c1-14(8-10-20-2)21(17,18)12-5-3-11(4-6-12)19-9-7-13(15)16/h3-6H,7-10H2,1-2H3,(H,15,16). The zero-order valence-corrected chi connectivity index (χ0v) is 13.6. The molecule has 0 unspecified atom stereocenters. The van der Waals surface area contributed by atoms with Crippen molar-refractivity contribution in [2.45, 2.75) is 11.3 Å². The van der Waals surface area contributed by atoms with Crippen LogP contribution in [-0.4, -0.2) is 56.0 Å². The summed E-state index contributed by atoms with van der Waals surface area (Å²) in [6.07, 6.45) is 1.82. The van der Waals surface area contributed by atoms with Gasteiger partial charge in [0.05, 0.1) is 17.9 Å². The van der Waals surface area contributed by atoms with Crippen LogP contribution < -0.4 is 4.74 Å². The van der Waals surface area contributed by atoms with Gasteiger partial charge in [-0.1, -0.05) is 0 Å². The molecule has 1 N–H and O–H groups in total. The number of carboxylic acids is 1. The molecule has 21 heavy (non-hydrogen) atoms. The predicted molar refractivity (Wildman–Crippen MR) is 82.4 cm³/mol. The zero-order valence-electron chi connectivity index (χ0n) is 12.0. The number of aliphatic carboxylic acids is 1. The number of hydrogen-bond acceptors (Lipinski definition) is 5. The van der Waals surface area contributed by atoms with Crippen LogP contribution in [0.5, 0.6) is 5.75 Å². The van der Waals surface area contributed by atoms with Crippen molar-refractivity contribution >= 4 is 27.8 Å². The Morgan fingerprint density at radius 1 is 1.33 bits per heavy atom. The highest BCUT2D eigenvalue weighted by molar-refractivity contribution is 7.98. The van der Waals surface area contributed by atoms with Gasteiger partial charge in [0.25, 0.3) is 0 Å². The number of carboxylic acid groups (broad SMARTS) is 1. The molecule has 0 aliphatic rings. The van der Waals surface area contributed by atoms with Crippen molar-refractivity contribution in [1.82, 2.24) is 4.31 Å². The molecule has 0 saturated carbocycles. The molecule has 0 aliphatic carbocycles. The first-order chi connectivity index (χ1) is 9.87. The molecule has 6 nitrogen and oxygen atoms in total. The second-order valence-electron chi connectivity index (χ2n) is 4.28. The Morgan fingerprint density at radius 3 is 2.48 bits per heavy atom. The van der Waals surface area contributed by atoms with Crippen molar-refractivity contribution in [3.63, 3.8) is 0 Å². The molecular formula is C13H19NO5S2. The highest BCUT2D eigenvalue weighted by Gasteiger charge is 2.20. The number of carbonyl (C=O) groups is 1. The molecule has 1 aromatic carbocycles. The maximum Gasteiger partial charge on any atom is 0.306 e. The molecule has 0 aliphatic heterocycles. The SMILES string of the molecule is CSCCN(C)S(=O)(=O)c1ccc(OCCC(=O)O)cc1. The van der Waals surface area contributed by atoms with E-state index in [0.717, 1.165) is 5.75 Å². The number of thioether (sulfide) groups is 1. The summed E-state index contributed by atoms with van der Waals surface area (Å²) < 4.78 is 31.0. The predicted octanol–water partition coefficient (Wildman–Crippen LogP) is 1.52. The zero-order chi connectivity index (χ0) is 15.9. The Hall–Kier alpha value is -1.25. The van der Waals surface area contributed by atoms with Crippen LogP contribution in [0.25, 0.3) is 0 Å². The fourth-order valence-electron chi connectivity index (χ4n) is 1.48. The van der Waals surface area contributed by atoms with Crippen LogP contribution in [0.4, 0.5) is 0 Å². The van der Waals surface area contributed by atoms with E-state index in [0.29, 0.717) is 12.3 Å². The molecule has 8 heteroatoms. The Kier molecular flexibility index (Phi) is 7.00. The number of benzene rings is 1. The lowest BCUT2D eigenvalue weighted by Gasteiger charge is -2.16. The van der Waals surface area contributed by atoms with E-state index < -0.39 is 16.0 Å². The lowest BCUT2D eigenvalue weighted by molar-refractivity contribution is -0.137. The topological polar surface area (TPSA) is 83.9 Å². The largest absolute Gasteiger partial charge is 0.493 e. The minimum absolute atomic E-state index is 0.0507. The summed E-state index contributed by atoms with van der Waals surface area (Å²) in [5.41, 5.74) is 0. The fourth-order valence-corrected chi connectivity index (χ4v) is 3.23. The maximum absolute atomic E-state index is 12.3. The van der Waals surface area contributed by atoms with Crippen LogP contribution in [0.3, 0.4) is 0 Å². The molecule has 0 spiro atoms. The van der Waals surface area contributed by atoms with Gasteiger partial charge in [0, 0.05) is 19.3 Å². The Bertz CT molecular complexity index is 556. The van der Waals surface area contributed by atoms with Crippen LogP contribution in [-0.2, 0) is 14.8 Å². The summed E-state index contributed by atoms with van der Waals surface area (Å²) in [6, 6.07) is 5.97. The van der Waals surface area contributed by atoms with Crippen LogP contribution >= 0.6 is 11.8 Å². The number of rotatable bonds is 9. The average molecular weight is 333 g/mol. The summed E-state index contributed by atoms with van der Waals surface area (Å²) in [7, 11) is -1.95. The summed E-state index contributed by atoms with van der Waals surface area (Å²) in [6.45, 7) is 0.495. The van der Waals surface area contributed by atoms with Crippen molar-refractivity contribution in [1.29, 1.82) is 0 Å². The fraction of sp³-hybridized carbons (Fsp3) is 0.462. The second-order valence-corrected chi connectivity index (χ2v) is 7.31. The number of nitrogens with zero attached hydrogens (tertiary/aromatic N) is 1. The van der Waals surface area contributed by atoms with Crippen molar-refractivity contribution in [3.05, 3.63) is 24.3 Å². The van der Waals surface area contributed by atoms with Crippen LogP contribution in [0.15, 0.2) is 29.2 Å². The van der Waals surface area contributed by atoms with E-state index in [-0.39, 0.29) is 17.9 Å². The molecule has 0 heterocycles. The van der Waals surface area contributed by atoms with Crippen LogP contribution in [0.1, 0.15) is 6.42 Å². The number of ether oxygens (including phenoxy) is 1. The highest BCUT2D eigenvalue weighted by atomic mass is 32.2. The maximum atomic E-state index is 12.3. The minimum atomic E-state index is -3.49. The quantitative estimate of drug-likeness (QED) is 0.738. The van der Waals surface area contributed by atoms with E-state index in [9.17, 15) is 13.2 Å². The van der Waals surface area contributed by atoms with Crippen molar-refractivity contribution in [2.75, 3.05) is 32.2 Å². The van der Waals surface area contributed by atoms with Gasteiger partial charge < -0.3 is 9.84 Å². The third-order valence-electron chi connectivity index (χ3n) is 2.73. The van der Waals surface area contributed by atoms with E-state index in [4.69, 9.17) is 9.84 Å². The summed E-state index contributed by atoms with van der Waals surface area (Å²) >= 11 is 1.58. The minimum Gasteiger partial charge on any atom is -0.493 e. The van der Waals surface area contributed by atoms with Gasteiger partial charge in [-0.15, -0.1) is 0 Å². The van der Waals surface area contributed by atoms with E-state index in [2.05, 4.69) is 0 Å². The molecule has 0 bridgehead atoms. The van der Waals surface area contributed by atoms with Crippen molar-refractivity contribution < 1.29 is 23.1 Å². The number of sulfonamides is 1. The number of hydrogen-bond donors (Lipinski definition) is 1. The smallest absolute Gasteiger partial charge is 0.306 e. The second kappa shape index (κ2) is 8.26. The molecular weight excluding hydrogens is 314 g/mol. The lowest BCUT2D eigenvalue weighted by atomic mass is 10.3. The van der Waals surface area contributed by atoms with E-state index in [1.54, 1.807) is 18.8 Å². The molecule has 0 saturated heterocycles. The summed E-state index contributed by atoms with van der Waals surface area (Å²) in [5, 5.41) is 8.51. The van der Waals surface area contributed by atoms with Gasteiger partial charge in [-0.25, -0.2) is 12.7 Å². The monoisotopic (exact) mass is 333 g/mol. The van der Waals surface area contributed by atoms with Gasteiger partial charge in [-0.2, -0.15) is 11.8 Å². The highest BCUT2D eigenvalue weighted by Crippen LogP contribution is 2.19. The van der Waals surface area contributed by atoms with E-state index in [1.807, 2.05) is 6.26 Å². The van der Waals surface area contributed by atoms with Gasteiger partial charge in [-0.05, 0) is 30.5 Å². The molecule has 118 valence electrons. The van der Waals surface area contributed by atoms with Gasteiger partial charge in [0.1, 0.15) is 5.75 Å².